The number of ether oxygens (including phenoxy) is 3. The predicted octanol–water partition coefficient (Wildman–Crippen LogP) is 16.0. The molecule has 0 saturated heterocycles. The zero-order chi connectivity index (χ0) is 41.5. The molecule has 0 aliphatic heterocycles. The van der Waals surface area contributed by atoms with Crippen LogP contribution in [0.2, 0.25) is 0 Å². The molecule has 0 fully saturated rings. The predicted molar refractivity (Wildman–Crippen MR) is 243 cm³/mol. The van der Waals surface area contributed by atoms with Gasteiger partial charge in [-0.15, -0.1) is 0 Å². The lowest BCUT2D eigenvalue weighted by atomic mass is 10.0. The Labute approximate surface area is 353 Å². The normalized spacial score (nSPS) is 12.1. The molecule has 0 radical (unpaired) electrons. The van der Waals surface area contributed by atoms with Gasteiger partial charge in [0.25, 0.3) is 0 Å². The molecule has 0 rings (SSSR count). The molecule has 0 amide bonds. The Morgan fingerprint density at radius 3 is 0.965 bits per heavy atom. The third-order valence-corrected chi connectivity index (χ3v) is 10.9. The van der Waals surface area contributed by atoms with Crippen molar-refractivity contribution in [3.8, 4) is 0 Å². The molecule has 334 valence electrons. The summed E-state index contributed by atoms with van der Waals surface area (Å²) in [6.07, 6.45) is 51.6. The van der Waals surface area contributed by atoms with Gasteiger partial charge in [0, 0.05) is 19.3 Å². The fourth-order valence-corrected chi connectivity index (χ4v) is 7.12. The van der Waals surface area contributed by atoms with E-state index < -0.39 is 6.10 Å². The van der Waals surface area contributed by atoms with Crippen molar-refractivity contribution in [2.45, 2.75) is 271 Å². The second-order valence-electron chi connectivity index (χ2n) is 16.7. The van der Waals surface area contributed by atoms with Crippen LogP contribution in [0, 0.1) is 0 Å². The molecule has 0 aromatic heterocycles. The molecule has 6 heteroatoms. The van der Waals surface area contributed by atoms with Gasteiger partial charge in [-0.05, 0) is 64.2 Å². The van der Waals surface area contributed by atoms with Crippen LogP contribution >= 0.6 is 0 Å². The number of hydrogen-bond acceptors (Lipinski definition) is 6. The Morgan fingerprint density at radius 1 is 0.333 bits per heavy atom. The molecule has 0 N–H and O–H groups in total. The van der Waals surface area contributed by atoms with Crippen LogP contribution < -0.4 is 0 Å². The summed E-state index contributed by atoms with van der Waals surface area (Å²) in [4.78, 5) is 37.8. The second-order valence-corrected chi connectivity index (χ2v) is 16.7. The quantitative estimate of drug-likeness (QED) is 0.0264. The fourth-order valence-electron chi connectivity index (χ4n) is 7.12. The van der Waals surface area contributed by atoms with Crippen LogP contribution in [0.4, 0.5) is 0 Å². The molecular formula is C51H94O6. The summed E-state index contributed by atoms with van der Waals surface area (Å²) >= 11 is 0. The van der Waals surface area contributed by atoms with Gasteiger partial charge in [0.05, 0.1) is 0 Å². The highest BCUT2D eigenvalue weighted by Crippen LogP contribution is 2.15. The van der Waals surface area contributed by atoms with Gasteiger partial charge in [0.1, 0.15) is 13.2 Å². The number of carbonyl (C=O) groups excluding carboxylic acids is 3. The third kappa shape index (κ3) is 44.8. The van der Waals surface area contributed by atoms with Crippen molar-refractivity contribution in [2.75, 3.05) is 13.2 Å². The van der Waals surface area contributed by atoms with Crippen molar-refractivity contribution in [2.24, 2.45) is 0 Å². The highest BCUT2D eigenvalue weighted by Gasteiger charge is 2.19. The molecule has 0 aliphatic carbocycles. The van der Waals surface area contributed by atoms with Crippen LogP contribution in [0.25, 0.3) is 0 Å². The van der Waals surface area contributed by atoms with Crippen molar-refractivity contribution in [3.05, 3.63) is 24.3 Å². The monoisotopic (exact) mass is 803 g/mol. The molecule has 0 heterocycles. The van der Waals surface area contributed by atoms with E-state index in [1.807, 2.05) is 0 Å². The van der Waals surface area contributed by atoms with Crippen LogP contribution in [-0.2, 0) is 28.6 Å². The lowest BCUT2D eigenvalue weighted by Gasteiger charge is -2.18. The van der Waals surface area contributed by atoms with Crippen molar-refractivity contribution >= 4 is 17.9 Å². The molecule has 57 heavy (non-hydrogen) atoms. The number of unbranched alkanes of at least 4 members (excludes halogenated alkanes) is 30. The van der Waals surface area contributed by atoms with Crippen molar-refractivity contribution in [3.63, 3.8) is 0 Å². The minimum absolute atomic E-state index is 0.0738. The van der Waals surface area contributed by atoms with E-state index in [2.05, 4.69) is 45.1 Å². The third-order valence-electron chi connectivity index (χ3n) is 10.9. The highest BCUT2D eigenvalue weighted by molar-refractivity contribution is 5.71. The lowest BCUT2D eigenvalue weighted by Crippen LogP contribution is -2.30. The van der Waals surface area contributed by atoms with Crippen molar-refractivity contribution < 1.29 is 28.6 Å². The molecular weight excluding hydrogens is 709 g/mol. The van der Waals surface area contributed by atoms with Crippen LogP contribution in [0.1, 0.15) is 265 Å². The molecule has 0 saturated carbocycles. The lowest BCUT2D eigenvalue weighted by molar-refractivity contribution is -0.167. The van der Waals surface area contributed by atoms with Gasteiger partial charge in [-0.1, -0.05) is 206 Å². The van der Waals surface area contributed by atoms with Crippen molar-refractivity contribution in [1.82, 2.24) is 0 Å². The first-order valence-corrected chi connectivity index (χ1v) is 24.8. The Kier molecular flexibility index (Phi) is 44.9. The zero-order valence-corrected chi connectivity index (χ0v) is 38.1. The van der Waals surface area contributed by atoms with Gasteiger partial charge in [0.2, 0.25) is 0 Å². The summed E-state index contributed by atoms with van der Waals surface area (Å²) in [6, 6.07) is 0. The van der Waals surface area contributed by atoms with E-state index in [0.29, 0.717) is 19.3 Å². The van der Waals surface area contributed by atoms with Gasteiger partial charge in [-0.25, -0.2) is 0 Å². The second kappa shape index (κ2) is 46.6. The summed E-state index contributed by atoms with van der Waals surface area (Å²) in [5.41, 5.74) is 0. The van der Waals surface area contributed by atoms with Gasteiger partial charge < -0.3 is 14.2 Å². The van der Waals surface area contributed by atoms with E-state index in [-0.39, 0.29) is 31.1 Å². The first-order chi connectivity index (χ1) is 28.0. The Morgan fingerprint density at radius 2 is 0.596 bits per heavy atom. The van der Waals surface area contributed by atoms with E-state index in [1.165, 1.54) is 154 Å². The molecule has 0 aromatic rings. The molecule has 1 atom stereocenters. The van der Waals surface area contributed by atoms with Gasteiger partial charge in [-0.2, -0.15) is 0 Å². The molecule has 0 unspecified atom stereocenters. The van der Waals surface area contributed by atoms with E-state index in [4.69, 9.17) is 14.2 Å². The zero-order valence-electron chi connectivity index (χ0n) is 38.1. The van der Waals surface area contributed by atoms with Crippen LogP contribution in [0.5, 0.6) is 0 Å². The molecule has 0 spiro atoms. The van der Waals surface area contributed by atoms with Crippen LogP contribution in [0.15, 0.2) is 24.3 Å². The average molecular weight is 803 g/mol. The summed E-state index contributed by atoms with van der Waals surface area (Å²) in [5.74, 6) is -0.884. The summed E-state index contributed by atoms with van der Waals surface area (Å²) in [7, 11) is 0. The van der Waals surface area contributed by atoms with Crippen LogP contribution in [0.3, 0.4) is 0 Å². The van der Waals surface area contributed by atoms with Crippen molar-refractivity contribution in [1.29, 1.82) is 0 Å². The number of allylic oxidation sites excluding steroid dienone is 4. The number of carbonyl (C=O) groups is 3. The molecule has 6 nitrogen and oxygen atoms in total. The SMILES string of the molecule is CCCC/C=C\CCCCCCCC(=O)OC[C@H](COC(=O)CCCCCCCCCCCCCCCCCC)OC(=O)CCCCCCC/C=C\CCCCC. The maximum absolute atomic E-state index is 12.7. The fraction of sp³-hybridized carbons (Fsp3) is 0.863. The maximum atomic E-state index is 12.7. The van der Waals surface area contributed by atoms with E-state index in [1.54, 1.807) is 0 Å². The minimum Gasteiger partial charge on any atom is -0.462 e. The van der Waals surface area contributed by atoms with Gasteiger partial charge >= 0.3 is 17.9 Å². The first-order valence-electron chi connectivity index (χ1n) is 24.8. The Balaban J connectivity index is 4.32. The first kappa shape index (κ1) is 54.9. The standard InChI is InChI=1S/C51H94O6/c1-4-7-10-13-16-19-22-24-25-26-27-30-32-35-38-41-44-50(53)56-47-48(46-55-49(52)43-40-37-34-31-28-21-18-15-12-9-6-3)57-51(54)45-42-39-36-33-29-23-20-17-14-11-8-5-2/h15,17-18,20,48H,4-14,16,19,21-47H2,1-3H3/b18-15-,20-17-/t48-/m1/s1. The number of hydrogen-bond donors (Lipinski definition) is 0. The maximum Gasteiger partial charge on any atom is 0.306 e. The highest BCUT2D eigenvalue weighted by atomic mass is 16.6. The number of rotatable bonds is 45. The smallest absolute Gasteiger partial charge is 0.306 e. The van der Waals surface area contributed by atoms with E-state index in [0.717, 1.165) is 70.6 Å². The summed E-state index contributed by atoms with van der Waals surface area (Å²) in [6.45, 7) is 6.58. The summed E-state index contributed by atoms with van der Waals surface area (Å²) < 4.78 is 16.7. The molecule has 0 aliphatic rings. The van der Waals surface area contributed by atoms with Crippen LogP contribution in [-0.4, -0.2) is 37.2 Å². The average Bonchev–Trinajstić information content (AvgIpc) is 3.21. The molecule has 0 bridgehead atoms. The molecule has 0 aromatic carbocycles. The van der Waals surface area contributed by atoms with Gasteiger partial charge in [-0.3, -0.25) is 14.4 Å². The van der Waals surface area contributed by atoms with E-state index in [9.17, 15) is 14.4 Å². The largest absolute Gasteiger partial charge is 0.462 e. The Hall–Kier alpha value is -2.11. The summed E-state index contributed by atoms with van der Waals surface area (Å²) in [5, 5.41) is 0. The number of esters is 3. The van der Waals surface area contributed by atoms with Gasteiger partial charge in [0.15, 0.2) is 6.10 Å². The Bertz CT molecular complexity index is 927. The minimum atomic E-state index is -0.773. The topological polar surface area (TPSA) is 78.9 Å². The van der Waals surface area contributed by atoms with E-state index >= 15 is 0 Å².